The molecule has 0 aliphatic carbocycles. The lowest BCUT2D eigenvalue weighted by molar-refractivity contribution is 0.638. The Kier molecular flexibility index (Phi) is 5.33. The van der Waals surface area contributed by atoms with Gasteiger partial charge in [0.05, 0.1) is 0 Å². The van der Waals surface area contributed by atoms with Crippen LogP contribution in [0.5, 0.6) is 0 Å². The van der Waals surface area contributed by atoms with E-state index < -0.39 is 0 Å². The van der Waals surface area contributed by atoms with E-state index in [1.807, 2.05) is 31.2 Å². The van der Waals surface area contributed by atoms with Crippen molar-refractivity contribution in [2.24, 2.45) is 0 Å². The molecular weight excluding hydrogens is 307 g/mol. The van der Waals surface area contributed by atoms with Gasteiger partial charge in [-0.2, -0.15) is 0 Å². The normalized spacial score (nSPS) is 11.0. The van der Waals surface area contributed by atoms with Crippen LogP contribution in [0.15, 0.2) is 61.2 Å². The van der Waals surface area contributed by atoms with Crippen molar-refractivity contribution < 1.29 is 4.39 Å². The molecule has 0 heterocycles. The summed E-state index contributed by atoms with van der Waals surface area (Å²) in [7, 11) is 0. The molecule has 0 N–H and O–H groups in total. The van der Waals surface area contributed by atoms with Crippen molar-refractivity contribution in [1.29, 1.82) is 0 Å². The van der Waals surface area contributed by atoms with Gasteiger partial charge in [-0.3, -0.25) is 0 Å². The summed E-state index contributed by atoms with van der Waals surface area (Å²) in [5.74, 6) is -0.156. The highest BCUT2D eigenvalue weighted by Crippen LogP contribution is 2.30. The summed E-state index contributed by atoms with van der Waals surface area (Å²) in [4.78, 5) is 0. The molecule has 0 spiro atoms. The van der Waals surface area contributed by atoms with Crippen LogP contribution in [0.3, 0.4) is 0 Å². The van der Waals surface area contributed by atoms with Crippen LogP contribution in [0.2, 0.25) is 0 Å². The highest BCUT2D eigenvalue weighted by Gasteiger charge is 2.12. The summed E-state index contributed by atoms with van der Waals surface area (Å²) in [5.41, 5.74) is 5.81. The van der Waals surface area contributed by atoms with Gasteiger partial charge in [0.1, 0.15) is 5.82 Å². The van der Waals surface area contributed by atoms with E-state index >= 15 is 0 Å². The maximum absolute atomic E-state index is 14.4. The predicted octanol–water partition coefficient (Wildman–Crippen LogP) is 6.89. The minimum absolute atomic E-state index is 0.156. The average molecular weight is 332 g/mol. The van der Waals surface area contributed by atoms with Crippen molar-refractivity contribution >= 4 is 16.3 Å². The molecule has 0 unspecified atom stereocenters. The number of unbranched alkanes of at least 4 members (excludes halogenated alkanes) is 1. The van der Waals surface area contributed by atoms with Crippen LogP contribution in [-0.2, 0) is 12.8 Å². The number of aryl methyl sites for hydroxylation is 3. The molecule has 0 bridgehead atoms. The van der Waals surface area contributed by atoms with Crippen LogP contribution in [0.25, 0.3) is 16.3 Å². The summed E-state index contributed by atoms with van der Waals surface area (Å²) < 4.78 is 14.4. The van der Waals surface area contributed by atoms with Gasteiger partial charge in [-0.25, -0.2) is 4.39 Å². The third-order valence-corrected chi connectivity index (χ3v) is 4.83. The van der Waals surface area contributed by atoms with Gasteiger partial charge in [-0.1, -0.05) is 66.2 Å². The Bertz CT molecular complexity index is 888. The molecule has 0 radical (unpaired) electrons. The van der Waals surface area contributed by atoms with Gasteiger partial charge in [-0.05, 0) is 67.7 Å². The molecule has 3 rings (SSSR count). The fourth-order valence-corrected chi connectivity index (χ4v) is 3.43. The first-order chi connectivity index (χ1) is 12.1. The molecule has 25 heavy (non-hydrogen) atoms. The molecule has 3 aromatic carbocycles. The lowest BCUT2D eigenvalue weighted by Gasteiger charge is -2.14. The van der Waals surface area contributed by atoms with Gasteiger partial charge in [-0.15, -0.1) is 0 Å². The minimum atomic E-state index is -0.156. The number of hydrogen-bond acceptors (Lipinski definition) is 0. The summed E-state index contributed by atoms with van der Waals surface area (Å²) >= 11 is 0. The molecule has 0 nitrogen and oxygen atoms in total. The zero-order valence-corrected chi connectivity index (χ0v) is 15.1. The van der Waals surface area contributed by atoms with E-state index in [4.69, 9.17) is 0 Å². The molecule has 0 atom stereocenters. The number of rotatable bonds is 6. The Balaban J connectivity index is 1.78. The number of hydrogen-bond donors (Lipinski definition) is 0. The molecule has 0 amide bonds. The van der Waals surface area contributed by atoms with Crippen LogP contribution < -0.4 is 0 Å². The fraction of sp³-hybridized carbons (Fsp3) is 0.250. The molecule has 0 aromatic heterocycles. The highest BCUT2D eigenvalue weighted by atomic mass is 19.1. The quantitative estimate of drug-likeness (QED) is 0.431. The highest BCUT2D eigenvalue weighted by molar-refractivity contribution is 5.90. The molecule has 0 fully saturated rings. The first kappa shape index (κ1) is 17.4. The van der Waals surface area contributed by atoms with Gasteiger partial charge >= 0.3 is 0 Å². The van der Waals surface area contributed by atoms with Crippen molar-refractivity contribution in [3.05, 3.63) is 89.2 Å². The molecule has 0 saturated carbocycles. The average Bonchev–Trinajstić information content (AvgIpc) is 2.61. The molecule has 3 aromatic rings. The first-order valence-electron chi connectivity index (χ1n) is 8.98. The van der Waals surface area contributed by atoms with Crippen molar-refractivity contribution in [1.82, 2.24) is 0 Å². The SMILES string of the molecule is C=C(C)c1cc(F)c2ccccc2c1CCCCc1ccc(C)cc1. The smallest absolute Gasteiger partial charge is 0.131 e. The van der Waals surface area contributed by atoms with Crippen molar-refractivity contribution in [3.63, 3.8) is 0 Å². The fourth-order valence-electron chi connectivity index (χ4n) is 3.43. The predicted molar refractivity (Wildman–Crippen MR) is 106 cm³/mol. The topological polar surface area (TPSA) is 0 Å². The Morgan fingerprint density at radius 1 is 0.920 bits per heavy atom. The Morgan fingerprint density at radius 2 is 1.56 bits per heavy atom. The number of allylic oxidation sites excluding steroid dienone is 1. The summed E-state index contributed by atoms with van der Waals surface area (Å²) in [6.07, 6.45) is 4.25. The Labute approximate surface area is 150 Å². The third kappa shape index (κ3) is 3.99. The van der Waals surface area contributed by atoms with Gasteiger partial charge in [0.25, 0.3) is 0 Å². The monoisotopic (exact) mass is 332 g/mol. The maximum Gasteiger partial charge on any atom is 0.131 e. The Hall–Kier alpha value is -2.41. The molecule has 128 valence electrons. The standard InChI is InChI=1S/C24H25F/c1-17(2)23-16-24(25)22-11-7-6-9-20(22)21(23)10-5-4-8-19-14-12-18(3)13-15-19/h6-7,9,11-16H,1,4-5,8,10H2,2-3H3. The van der Waals surface area contributed by atoms with Crippen molar-refractivity contribution in [2.75, 3.05) is 0 Å². The van der Waals surface area contributed by atoms with E-state index in [0.29, 0.717) is 5.39 Å². The van der Waals surface area contributed by atoms with Crippen molar-refractivity contribution in [3.8, 4) is 0 Å². The van der Waals surface area contributed by atoms with Gasteiger partial charge in [0.2, 0.25) is 0 Å². The summed E-state index contributed by atoms with van der Waals surface area (Å²) in [5, 5.41) is 1.73. The zero-order chi connectivity index (χ0) is 17.8. The lowest BCUT2D eigenvalue weighted by atomic mass is 9.91. The summed E-state index contributed by atoms with van der Waals surface area (Å²) in [6.45, 7) is 8.12. The largest absolute Gasteiger partial charge is 0.206 e. The third-order valence-electron chi connectivity index (χ3n) is 4.83. The maximum atomic E-state index is 14.4. The van der Waals surface area contributed by atoms with Crippen molar-refractivity contribution in [2.45, 2.75) is 39.5 Å². The second-order valence-corrected chi connectivity index (χ2v) is 6.90. The van der Waals surface area contributed by atoms with E-state index in [2.05, 4.69) is 37.8 Å². The number of fused-ring (bicyclic) bond motifs is 1. The first-order valence-corrected chi connectivity index (χ1v) is 8.98. The van der Waals surface area contributed by atoms with Crippen LogP contribution in [0.1, 0.15) is 42.0 Å². The zero-order valence-electron chi connectivity index (χ0n) is 15.1. The van der Waals surface area contributed by atoms with E-state index in [-0.39, 0.29) is 5.82 Å². The molecule has 0 saturated heterocycles. The van der Waals surface area contributed by atoms with Crippen LogP contribution in [-0.4, -0.2) is 0 Å². The van der Waals surface area contributed by atoms with Gasteiger partial charge < -0.3 is 0 Å². The lowest BCUT2D eigenvalue weighted by Crippen LogP contribution is -1.98. The molecular formula is C24H25F. The van der Waals surface area contributed by atoms with E-state index in [1.54, 1.807) is 6.07 Å². The second-order valence-electron chi connectivity index (χ2n) is 6.90. The molecule has 1 heteroatoms. The Morgan fingerprint density at radius 3 is 2.24 bits per heavy atom. The van der Waals surface area contributed by atoms with E-state index in [9.17, 15) is 4.39 Å². The van der Waals surface area contributed by atoms with Crippen LogP contribution in [0.4, 0.5) is 4.39 Å². The summed E-state index contributed by atoms with van der Waals surface area (Å²) in [6, 6.07) is 18.2. The van der Waals surface area contributed by atoms with E-state index in [0.717, 1.165) is 42.2 Å². The molecule has 0 aliphatic heterocycles. The van der Waals surface area contributed by atoms with Gasteiger partial charge in [0.15, 0.2) is 0 Å². The minimum Gasteiger partial charge on any atom is -0.206 e. The number of halogens is 1. The van der Waals surface area contributed by atoms with E-state index in [1.165, 1.54) is 16.7 Å². The van der Waals surface area contributed by atoms with Gasteiger partial charge in [0, 0.05) is 5.39 Å². The van der Waals surface area contributed by atoms with Crippen LogP contribution >= 0.6 is 0 Å². The molecule has 0 aliphatic rings. The van der Waals surface area contributed by atoms with Crippen LogP contribution in [0, 0.1) is 12.7 Å². The second kappa shape index (κ2) is 7.65. The number of benzene rings is 3.